The Bertz CT molecular complexity index is 1080. The van der Waals surface area contributed by atoms with Gasteiger partial charge in [-0.05, 0) is 36.6 Å². The molecule has 6 nitrogen and oxygen atoms in total. The molecule has 0 atom stereocenters. The van der Waals surface area contributed by atoms with Crippen LogP contribution in [-0.4, -0.2) is 52.8 Å². The smallest absolute Gasteiger partial charge is 0.255 e. The molecule has 9 heteroatoms. The number of amides is 2. The first-order chi connectivity index (χ1) is 14.4. The number of thiophene rings is 1. The Kier molecular flexibility index (Phi) is 5.87. The summed E-state index contributed by atoms with van der Waals surface area (Å²) in [5.74, 6) is 0.344. The second-order valence-corrected chi connectivity index (χ2v) is 8.33. The molecular weight excluding hydrogens is 429 g/mol. The van der Waals surface area contributed by atoms with Gasteiger partial charge < -0.3 is 14.2 Å². The molecule has 0 aliphatic carbocycles. The van der Waals surface area contributed by atoms with E-state index in [1.807, 2.05) is 17.5 Å². The molecule has 1 saturated heterocycles. The van der Waals surface area contributed by atoms with Gasteiger partial charge in [0.25, 0.3) is 5.91 Å². The minimum atomic E-state index is -0.489. The van der Waals surface area contributed by atoms with E-state index in [0.29, 0.717) is 43.5 Å². The van der Waals surface area contributed by atoms with Gasteiger partial charge in [-0.15, -0.1) is 11.3 Å². The summed E-state index contributed by atoms with van der Waals surface area (Å²) in [6.07, 6.45) is 0.151. The predicted molar refractivity (Wildman–Crippen MR) is 112 cm³/mol. The Morgan fingerprint density at radius 3 is 2.60 bits per heavy atom. The van der Waals surface area contributed by atoms with Gasteiger partial charge in [-0.1, -0.05) is 17.7 Å². The van der Waals surface area contributed by atoms with Crippen molar-refractivity contribution in [3.63, 3.8) is 0 Å². The van der Waals surface area contributed by atoms with E-state index in [4.69, 9.17) is 16.0 Å². The number of aryl methyl sites for hydroxylation is 1. The average Bonchev–Trinajstić information content (AvgIpc) is 3.38. The Labute approximate surface area is 181 Å². The number of oxazole rings is 1. The number of nitrogens with zero attached hydrogens (tertiary/aromatic N) is 3. The van der Waals surface area contributed by atoms with Crippen LogP contribution in [0.1, 0.15) is 21.8 Å². The molecule has 0 saturated carbocycles. The van der Waals surface area contributed by atoms with Crippen LogP contribution in [0.25, 0.3) is 10.8 Å². The number of carbonyl (C=O) groups excluding carboxylic acids is 2. The molecule has 0 radical (unpaired) electrons. The fourth-order valence-corrected chi connectivity index (χ4v) is 4.24. The fraction of sp³-hybridized carbons (Fsp3) is 0.286. The largest absolute Gasteiger partial charge is 0.440 e. The summed E-state index contributed by atoms with van der Waals surface area (Å²) in [5, 5.41) is 2.03. The van der Waals surface area contributed by atoms with E-state index in [1.165, 1.54) is 23.5 Å². The maximum absolute atomic E-state index is 13.2. The number of hydrogen-bond donors (Lipinski definition) is 0. The van der Waals surface area contributed by atoms with Crippen molar-refractivity contribution in [2.75, 3.05) is 26.2 Å². The number of halogens is 2. The van der Waals surface area contributed by atoms with Crippen LogP contribution < -0.4 is 0 Å². The van der Waals surface area contributed by atoms with Crippen LogP contribution in [0.3, 0.4) is 0 Å². The van der Waals surface area contributed by atoms with Gasteiger partial charge >= 0.3 is 0 Å². The Morgan fingerprint density at radius 1 is 1.20 bits per heavy atom. The van der Waals surface area contributed by atoms with Gasteiger partial charge in [0, 0.05) is 26.2 Å². The number of rotatable bonds is 4. The summed E-state index contributed by atoms with van der Waals surface area (Å²) in [7, 11) is 0. The van der Waals surface area contributed by atoms with Gasteiger partial charge in [0.2, 0.25) is 11.8 Å². The molecule has 0 unspecified atom stereocenters. The van der Waals surface area contributed by atoms with Gasteiger partial charge in [0.05, 0.1) is 27.6 Å². The van der Waals surface area contributed by atoms with E-state index in [1.54, 1.807) is 16.7 Å². The standard InChI is InChI=1S/C21H19ClFN3O3S/c1-13-17(24-20(29-13)18-3-2-10-30-18)12-19(27)25-6-8-26(9-7-25)21(28)15-5-4-14(23)11-16(15)22/h2-5,10-11H,6-9,12H2,1H3. The zero-order valence-corrected chi connectivity index (χ0v) is 17.8. The molecule has 1 fully saturated rings. The third kappa shape index (κ3) is 4.24. The lowest BCUT2D eigenvalue weighted by molar-refractivity contribution is -0.132. The van der Waals surface area contributed by atoms with Crippen molar-refractivity contribution in [2.45, 2.75) is 13.3 Å². The molecule has 0 N–H and O–H groups in total. The first-order valence-corrected chi connectivity index (χ1v) is 10.7. The van der Waals surface area contributed by atoms with Crippen LogP contribution in [0, 0.1) is 12.7 Å². The van der Waals surface area contributed by atoms with Crippen molar-refractivity contribution in [3.8, 4) is 10.8 Å². The van der Waals surface area contributed by atoms with E-state index >= 15 is 0 Å². The zero-order chi connectivity index (χ0) is 21.3. The molecule has 2 amide bonds. The summed E-state index contributed by atoms with van der Waals surface area (Å²) in [6, 6.07) is 7.56. The van der Waals surface area contributed by atoms with Crippen LogP contribution in [0.15, 0.2) is 40.1 Å². The maximum atomic E-state index is 13.2. The summed E-state index contributed by atoms with van der Waals surface area (Å²) >= 11 is 7.53. The third-order valence-corrected chi connectivity index (χ3v) is 6.19. The number of hydrogen-bond acceptors (Lipinski definition) is 5. The number of piperazine rings is 1. The van der Waals surface area contributed by atoms with E-state index < -0.39 is 5.82 Å². The Balaban J connectivity index is 1.36. The van der Waals surface area contributed by atoms with Crippen molar-refractivity contribution in [1.82, 2.24) is 14.8 Å². The van der Waals surface area contributed by atoms with Crippen LogP contribution in [0.5, 0.6) is 0 Å². The Morgan fingerprint density at radius 2 is 1.93 bits per heavy atom. The fourth-order valence-electron chi connectivity index (χ4n) is 3.34. The minimum Gasteiger partial charge on any atom is -0.440 e. The molecule has 0 spiro atoms. The Hall–Kier alpha value is -2.71. The highest BCUT2D eigenvalue weighted by Gasteiger charge is 2.27. The average molecular weight is 448 g/mol. The molecule has 1 aromatic carbocycles. The number of aromatic nitrogens is 1. The summed E-state index contributed by atoms with van der Waals surface area (Å²) in [5.41, 5.74) is 0.886. The number of carbonyl (C=O) groups is 2. The van der Waals surface area contributed by atoms with Gasteiger partial charge in [-0.2, -0.15) is 0 Å². The highest BCUT2D eigenvalue weighted by Crippen LogP contribution is 2.26. The minimum absolute atomic E-state index is 0.0592. The molecule has 2 aromatic heterocycles. The lowest BCUT2D eigenvalue weighted by Crippen LogP contribution is -2.51. The van der Waals surface area contributed by atoms with E-state index in [-0.39, 0.29) is 28.8 Å². The topological polar surface area (TPSA) is 66.7 Å². The quantitative estimate of drug-likeness (QED) is 0.605. The lowest BCUT2D eigenvalue weighted by atomic mass is 10.1. The van der Waals surface area contributed by atoms with Crippen LogP contribution in [0.2, 0.25) is 5.02 Å². The normalized spacial score (nSPS) is 14.2. The first kappa shape index (κ1) is 20.6. The van der Waals surface area contributed by atoms with Crippen LogP contribution in [0.4, 0.5) is 4.39 Å². The van der Waals surface area contributed by atoms with Crippen molar-refractivity contribution >= 4 is 34.8 Å². The van der Waals surface area contributed by atoms with Crippen molar-refractivity contribution < 1.29 is 18.4 Å². The van der Waals surface area contributed by atoms with Gasteiger partial charge in [-0.25, -0.2) is 9.37 Å². The summed E-state index contributed by atoms with van der Waals surface area (Å²) < 4.78 is 18.9. The number of benzene rings is 1. The van der Waals surface area contributed by atoms with Crippen molar-refractivity contribution in [1.29, 1.82) is 0 Å². The molecule has 3 aromatic rings. The maximum Gasteiger partial charge on any atom is 0.255 e. The second kappa shape index (κ2) is 8.57. The molecule has 30 heavy (non-hydrogen) atoms. The molecule has 156 valence electrons. The van der Waals surface area contributed by atoms with Crippen LogP contribution >= 0.6 is 22.9 Å². The van der Waals surface area contributed by atoms with E-state index in [9.17, 15) is 14.0 Å². The molecular formula is C21H19ClFN3O3S. The highest BCUT2D eigenvalue weighted by atomic mass is 35.5. The predicted octanol–water partition coefficient (Wildman–Crippen LogP) is 4.03. The molecule has 1 aliphatic heterocycles. The summed E-state index contributed by atoms with van der Waals surface area (Å²) in [6.45, 7) is 3.40. The summed E-state index contributed by atoms with van der Waals surface area (Å²) in [4.78, 5) is 34.1. The first-order valence-electron chi connectivity index (χ1n) is 9.44. The van der Waals surface area contributed by atoms with Crippen molar-refractivity contribution in [3.05, 3.63) is 63.6 Å². The molecule has 0 bridgehead atoms. The lowest BCUT2D eigenvalue weighted by Gasteiger charge is -2.35. The molecule has 3 heterocycles. The SMILES string of the molecule is Cc1oc(-c2cccs2)nc1CC(=O)N1CCN(C(=O)c2ccc(F)cc2Cl)CC1. The zero-order valence-electron chi connectivity index (χ0n) is 16.2. The monoisotopic (exact) mass is 447 g/mol. The molecule has 1 aliphatic rings. The van der Waals surface area contributed by atoms with E-state index in [0.717, 1.165) is 10.9 Å². The van der Waals surface area contributed by atoms with Gasteiger partial charge in [-0.3, -0.25) is 9.59 Å². The van der Waals surface area contributed by atoms with Gasteiger partial charge in [0.1, 0.15) is 11.6 Å². The third-order valence-electron chi connectivity index (χ3n) is 5.02. The van der Waals surface area contributed by atoms with E-state index in [2.05, 4.69) is 4.98 Å². The second-order valence-electron chi connectivity index (χ2n) is 6.97. The van der Waals surface area contributed by atoms with Gasteiger partial charge in [0.15, 0.2) is 0 Å². The van der Waals surface area contributed by atoms with Crippen LogP contribution in [-0.2, 0) is 11.2 Å². The molecule has 4 rings (SSSR count). The van der Waals surface area contributed by atoms with Crippen molar-refractivity contribution in [2.24, 2.45) is 0 Å². The highest BCUT2D eigenvalue weighted by molar-refractivity contribution is 7.13.